The molecule has 0 aliphatic rings. The molecule has 17 heavy (non-hydrogen) atoms. The third kappa shape index (κ3) is 1.97. The number of para-hydroxylation sites is 1. The summed E-state index contributed by atoms with van der Waals surface area (Å²) in [6, 6.07) is 7.16. The van der Waals surface area contributed by atoms with Crippen LogP contribution in [0.5, 0.6) is 0 Å². The molecular formula is C15H12O2. The molecule has 0 aliphatic carbocycles. The van der Waals surface area contributed by atoms with Crippen LogP contribution < -0.4 is 5.43 Å². The van der Waals surface area contributed by atoms with Gasteiger partial charge in [-0.2, -0.15) is 0 Å². The van der Waals surface area contributed by atoms with Crippen molar-refractivity contribution in [1.82, 2.24) is 0 Å². The van der Waals surface area contributed by atoms with Crippen molar-refractivity contribution in [3.05, 3.63) is 77.7 Å². The SMILES string of the molecule is C=C/C=C(\C=C)c1coc2ccccc2c1=O. The highest BCUT2D eigenvalue weighted by molar-refractivity contribution is 5.83. The molecule has 0 radical (unpaired) electrons. The molecule has 1 aromatic heterocycles. The number of benzene rings is 1. The Morgan fingerprint density at radius 1 is 1.24 bits per heavy atom. The summed E-state index contributed by atoms with van der Waals surface area (Å²) < 4.78 is 5.43. The fraction of sp³-hybridized carbons (Fsp3) is 0. The van der Waals surface area contributed by atoms with Crippen LogP contribution in [0, 0.1) is 0 Å². The van der Waals surface area contributed by atoms with Crippen LogP contribution in [0.15, 0.2) is 71.1 Å². The van der Waals surface area contributed by atoms with Crippen molar-refractivity contribution in [2.75, 3.05) is 0 Å². The second kappa shape index (κ2) is 4.66. The Morgan fingerprint density at radius 3 is 2.71 bits per heavy atom. The monoisotopic (exact) mass is 224 g/mol. The maximum absolute atomic E-state index is 12.2. The Bertz CT molecular complexity index is 660. The van der Waals surface area contributed by atoms with Gasteiger partial charge < -0.3 is 4.42 Å². The lowest BCUT2D eigenvalue weighted by Crippen LogP contribution is -2.07. The van der Waals surface area contributed by atoms with Gasteiger partial charge in [0, 0.05) is 0 Å². The predicted molar refractivity (Wildman–Crippen MR) is 70.9 cm³/mol. The van der Waals surface area contributed by atoms with Crippen molar-refractivity contribution in [2.24, 2.45) is 0 Å². The van der Waals surface area contributed by atoms with Crippen molar-refractivity contribution < 1.29 is 4.42 Å². The van der Waals surface area contributed by atoms with Gasteiger partial charge in [0.25, 0.3) is 0 Å². The third-order valence-corrected chi connectivity index (χ3v) is 2.51. The van der Waals surface area contributed by atoms with Gasteiger partial charge in [-0.15, -0.1) is 0 Å². The Hall–Kier alpha value is -2.35. The molecule has 2 nitrogen and oxygen atoms in total. The average Bonchev–Trinajstić information content (AvgIpc) is 2.37. The topological polar surface area (TPSA) is 30.2 Å². The molecule has 2 rings (SSSR count). The van der Waals surface area contributed by atoms with Crippen LogP contribution in [0.3, 0.4) is 0 Å². The van der Waals surface area contributed by atoms with E-state index in [0.717, 1.165) is 0 Å². The van der Waals surface area contributed by atoms with Gasteiger partial charge in [-0.25, -0.2) is 0 Å². The van der Waals surface area contributed by atoms with Gasteiger partial charge in [0.1, 0.15) is 11.8 Å². The Labute approximate surface area is 99.2 Å². The van der Waals surface area contributed by atoms with Crippen LogP contribution >= 0.6 is 0 Å². The summed E-state index contributed by atoms with van der Waals surface area (Å²) in [5.41, 5.74) is 1.74. The first-order valence-corrected chi connectivity index (χ1v) is 5.24. The standard InChI is InChI=1S/C15H12O2/c1-3-7-11(4-2)13-10-17-14-9-6-5-8-12(14)15(13)16/h3-10H,1-2H2/b11-7+. The van der Waals surface area contributed by atoms with Crippen LogP contribution in [0.2, 0.25) is 0 Å². The molecule has 0 fully saturated rings. The van der Waals surface area contributed by atoms with E-state index < -0.39 is 0 Å². The number of hydrogen-bond donors (Lipinski definition) is 0. The summed E-state index contributed by atoms with van der Waals surface area (Å²) >= 11 is 0. The lowest BCUT2D eigenvalue weighted by Gasteiger charge is -2.02. The van der Waals surface area contributed by atoms with E-state index in [4.69, 9.17) is 4.42 Å². The quantitative estimate of drug-likeness (QED) is 0.746. The second-order valence-corrected chi connectivity index (χ2v) is 3.54. The molecule has 1 aromatic carbocycles. The minimum absolute atomic E-state index is 0.0557. The largest absolute Gasteiger partial charge is 0.463 e. The Balaban J connectivity index is 2.76. The molecule has 0 saturated carbocycles. The molecule has 0 saturated heterocycles. The highest BCUT2D eigenvalue weighted by Gasteiger charge is 2.07. The first-order valence-electron chi connectivity index (χ1n) is 5.24. The minimum atomic E-state index is -0.0557. The molecule has 84 valence electrons. The fourth-order valence-corrected chi connectivity index (χ4v) is 1.67. The first kappa shape index (κ1) is 11.1. The van der Waals surface area contributed by atoms with E-state index in [9.17, 15) is 4.79 Å². The van der Waals surface area contributed by atoms with Gasteiger partial charge in [-0.05, 0) is 17.7 Å². The van der Waals surface area contributed by atoms with Gasteiger partial charge in [-0.1, -0.05) is 43.5 Å². The van der Waals surface area contributed by atoms with Gasteiger partial charge in [0.15, 0.2) is 5.43 Å². The van der Waals surface area contributed by atoms with Crippen molar-refractivity contribution in [1.29, 1.82) is 0 Å². The van der Waals surface area contributed by atoms with E-state index in [1.165, 1.54) is 6.26 Å². The first-order chi connectivity index (χ1) is 8.27. The summed E-state index contributed by atoms with van der Waals surface area (Å²) in [6.45, 7) is 7.29. The zero-order chi connectivity index (χ0) is 12.3. The summed E-state index contributed by atoms with van der Waals surface area (Å²) in [5, 5.41) is 0.571. The zero-order valence-electron chi connectivity index (χ0n) is 9.35. The number of rotatable bonds is 3. The molecule has 0 unspecified atom stereocenters. The van der Waals surface area contributed by atoms with Crippen molar-refractivity contribution >= 4 is 16.5 Å². The molecule has 0 bridgehead atoms. The summed E-state index contributed by atoms with van der Waals surface area (Å²) in [6.07, 6.45) is 6.42. The number of hydrogen-bond acceptors (Lipinski definition) is 2. The summed E-state index contributed by atoms with van der Waals surface area (Å²) in [4.78, 5) is 12.2. The lowest BCUT2D eigenvalue weighted by molar-refractivity contribution is 0.600. The average molecular weight is 224 g/mol. The van der Waals surface area contributed by atoms with Gasteiger partial charge in [0.05, 0.1) is 10.9 Å². The second-order valence-electron chi connectivity index (χ2n) is 3.54. The highest BCUT2D eigenvalue weighted by Crippen LogP contribution is 2.16. The van der Waals surface area contributed by atoms with Gasteiger partial charge >= 0.3 is 0 Å². The molecule has 0 N–H and O–H groups in total. The van der Waals surface area contributed by atoms with E-state index in [1.807, 2.05) is 12.1 Å². The predicted octanol–water partition coefficient (Wildman–Crippen LogP) is 3.55. The molecular weight excluding hydrogens is 212 g/mol. The Kier molecular flexibility index (Phi) is 3.06. The van der Waals surface area contributed by atoms with E-state index in [0.29, 0.717) is 22.1 Å². The Morgan fingerprint density at radius 2 is 2.00 bits per heavy atom. The number of allylic oxidation sites excluding steroid dienone is 4. The van der Waals surface area contributed by atoms with Crippen molar-refractivity contribution in [3.63, 3.8) is 0 Å². The molecule has 1 heterocycles. The van der Waals surface area contributed by atoms with Gasteiger partial charge in [0.2, 0.25) is 0 Å². The smallest absolute Gasteiger partial charge is 0.200 e. The van der Waals surface area contributed by atoms with Crippen molar-refractivity contribution in [3.8, 4) is 0 Å². The third-order valence-electron chi connectivity index (χ3n) is 2.51. The van der Waals surface area contributed by atoms with Gasteiger partial charge in [-0.3, -0.25) is 4.79 Å². The van der Waals surface area contributed by atoms with Crippen LogP contribution in [0.1, 0.15) is 5.56 Å². The molecule has 0 aliphatic heterocycles. The minimum Gasteiger partial charge on any atom is -0.463 e. The molecule has 2 aromatic rings. The highest BCUT2D eigenvalue weighted by atomic mass is 16.3. The van der Waals surface area contributed by atoms with Crippen LogP contribution in [-0.2, 0) is 0 Å². The summed E-state index contributed by atoms with van der Waals surface area (Å²) in [7, 11) is 0. The molecule has 0 amide bonds. The van der Waals surface area contributed by atoms with E-state index in [2.05, 4.69) is 13.2 Å². The van der Waals surface area contributed by atoms with E-state index in [-0.39, 0.29) is 5.43 Å². The maximum Gasteiger partial charge on any atom is 0.200 e. The van der Waals surface area contributed by atoms with Crippen LogP contribution in [0.25, 0.3) is 16.5 Å². The van der Waals surface area contributed by atoms with Crippen molar-refractivity contribution in [2.45, 2.75) is 0 Å². The van der Waals surface area contributed by atoms with Crippen LogP contribution in [0.4, 0.5) is 0 Å². The van der Waals surface area contributed by atoms with E-state index >= 15 is 0 Å². The van der Waals surface area contributed by atoms with E-state index in [1.54, 1.807) is 30.4 Å². The molecule has 0 atom stereocenters. The number of fused-ring (bicyclic) bond motifs is 1. The fourth-order valence-electron chi connectivity index (χ4n) is 1.67. The zero-order valence-corrected chi connectivity index (χ0v) is 9.35. The summed E-state index contributed by atoms with van der Waals surface area (Å²) in [5.74, 6) is 0. The lowest BCUT2D eigenvalue weighted by atomic mass is 10.1. The maximum atomic E-state index is 12.2. The molecule has 2 heteroatoms. The van der Waals surface area contributed by atoms with Crippen LogP contribution in [-0.4, -0.2) is 0 Å². The molecule has 0 spiro atoms. The normalized spacial score (nSPS) is 11.4.